The highest BCUT2D eigenvalue weighted by Gasteiger charge is 2.28. The first kappa shape index (κ1) is 16.8. The average molecular weight is 360 g/mol. The summed E-state index contributed by atoms with van der Waals surface area (Å²) in [4.78, 5) is 21.1. The van der Waals surface area contributed by atoms with E-state index in [1.165, 1.54) is 0 Å². The molecule has 4 rings (SSSR count). The zero-order valence-electron chi connectivity index (χ0n) is 14.5. The highest BCUT2D eigenvalue weighted by atomic mass is 16.5. The van der Waals surface area contributed by atoms with Crippen molar-refractivity contribution in [3.8, 4) is 17.4 Å². The van der Waals surface area contributed by atoms with E-state index in [1.54, 1.807) is 13.0 Å². The fourth-order valence-electron chi connectivity index (χ4n) is 2.87. The van der Waals surface area contributed by atoms with Crippen LogP contribution < -0.4 is 0 Å². The van der Waals surface area contributed by atoms with Gasteiger partial charge in [0.2, 0.25) is 5.89 Å². The van der Waals surface area contributed by atoms with Crippen LogP contribution in [0, 0.1) is 0 Å². The molecule has 0 spiro atoms. The van der Waals surface area contributed by atoms with E-state index in [0.717, 1.165) is 11.1 Å². The van der Waals surface area contributed by atoms with E-state index in [2.05, 4.69) is 9.98 Å². The monoisotopic (exact) mass is 360 g/mol. The summed E-state index contributed by atoms with van der Waals surface area (Å²) in [5, 5.41) is 10.2. The van der Waals surface area contributed by atoms with Gasteiger partial charge in [0.1, 0.15) is 5.69 Å². The highest BCUT2D eigenvalue weighted by Crippen LogP contribution is 2.37. The largest absolute Gasteiger partial charge is 0.479 e. The number of hydrogen-bond donors (Lipinski definition) is 1. The molecule has 0 bridgehead atoms. The van der Waals surface area contributed by atoms with Crippen molar-refractivity contribution in [2.24, 2.45) is 4.99 Å². The van der Waals surface area contributed by atoms with Crippen LogP contribution in [0.2, 0.25) is 0 Å². The Morgan fingerprint density at radius 1 is 1.15 bits per heavy atom. The molecule has 6 heteroatoms. The summed E-state index contributed by atoms with van der Waals surface area (Å²) in [5.41, 5.74) is 3.11. The topological polar surface area (TPSA) is 84.9 Å². The number of aromatic nitrogens is 1. The first-order valence-corrected chi connectivity index (χ1v) is 8.50. The van der Waals surface area contributed by atoms with Gasteiger partial charge in [-0.1, -0.05) is 36.4 Å². The van der Waals surface area contributed by atoms with E-state index in [4.69, 9.17) is 9.15 Å². The molecule has 0 unspecified atom stereocenters. The Morgan fingerprint density at radius 3 is 2.67 bits per heavy atom. The standard InChI is InChI=1S/C21H16N2O4/c1-2-26-21(25)18-15(14-10-6-7-11-16(14)22-18)12-17-20(24)27-19(23-17)13-8-4-3-5-9-13/h3-12,24H,2H2,1H3. The van der Waals surface area contributed by atoms with Gasteiger partial charge < -0.3 is 14.3 Å². The zero-order valence-corrected chi connectivity index (χ0v) is 14.5. The molecule has 27 heavy (non-hydrogen) atoms. The summed E-state index contributed by atoms with van der Waals surface area (Å²) in [6.45, 7) is 1.98. The normalized spacial score (nSPS) is 14.1. The predicted molar refractivity (Wildman–Crippen MR) is 102 cm³/mol. The zero-order chi connectivity index (χ0) is 18.8. The summed E-state index contributed by atoms with van der Waals surface area (Å²) in [6, 6.07) is 16.6. The molecule has 6 nitrogen and oxygen atoms in total. The number of oxazole rings is 1. The maximum Gasteiger partial charge on any atom is 0.357 e. The molecule has 0 amide bonds. The quantitative estimate of drug-likeness (QED) is 0.704. The molecule has 0 saturated carbocycles. The van der Waals surface area contributed by atoms with Gasteiger partial charge in [0.15, 0.2) is 5.71 Å². The van der Waals surface area contributed by atoms with Crippen molar-refractivity contribution < 1.29 is 19.1 Å². The SMILES string of the molecule is CCOC(=O)C1=Nc2ccccc2C1=Cc1nc(-c2ccccc2)oc1O. The second-order valence-corrected chi connectivity index (χ2v) is 5.83. The molecule has 0 atom stereocenters. The lowest BCUT2D eigenvalue weighted by Crippen LogP contribution is -2.16. The molecular weight excluding hydrogens is 344 g/mol. The third-order valence-corrected chi connectivity index (χ3v) is 4.09. The van der Waals surface area contributed by atoms with Gasteiger partial charge in [-0.2, -0.15) is 0 Å². The lowest BCUT2D eigenvalue weighted by Gasteiger charge is -2.04. The van der Waals surface area contributed by atoms with Crippen LogP contribution in [0.3, 0.4) is 0 Å². The molecule has 0 fully saturated rings. The van der Waals surface area contributed by atoms with Crippen molar-refractivity contribution in [2.45, 2.75) is 6.92 Å². The number of carbonyl (C=O) groups excluding carboxylic acids is 1. The molecular formula is C21H16N2O4. The van der Waals surface area contributed by atoms with Crippen LogP contribution in [0.5, 0.6) is 5.95 Å². The first-order chi connectivity index (χ1) is 13.2. The number of nitrogens with zero attached hydrogens (tertiary/aromatic N) is 2. The van der Waals surface area contributed by atoms with Crippen molar-refractivity contribution in [3.05, 3.63) is 65.9 Å². The lowest BCUT2D eigenvalue weighted by atomic mass is 10.0. The fraction of sp³-hybridized carbons (Fsp3) is 0.0952. The van der Waals surface area contributed by atoms with Gasteiger partial charge >= 0.3 is 11.9 Å². The van der Waals surface area contributed by atoms with E-state index >= 15 is 0 Å². The Kier molecular flexibility index (Phi) is 4.30. The summed E-state index contributed by atoms with van der Waals surface area (Å²) >= 11 is 0. The number of benzene rings is 2. The number of esters is 1. The molecule has 0 radical (unpaired) electrons. The second-order valence-electron chi connectivity index (χ2n) is 5.83. The number of fused-ring (bicyclic) bond motifs is 1. The molecule has 134 valence electrons. The molecule has 2 aromatic carbocycles. The summed E-state index contributed by atoms with van der Waals surface area (Å²) in [6.07, 6.45) is 1.59. The van der Waals surface area contributed by atoms with Crippen molar-refractivity contribution in [1.29, 1.82) is 0 Å². The second kappa shape index (κ2) is 6.92. The maximum atomic E-state index is 12.3. The molecule has 1 aliphatic heterocycles. The van der Waals surface area contributed by atoms with Gasteiger partial charge in [0.25, 0.3) is 0 Å². The molecule has 2 heterocycles. The van der Waals surface area contributed by atoms with E-state index < -0.39 is 5.97 Å². The minimum atomic E-state index is -0.522. The summed E-state index contributed by atoms with van der Waals surface area (Å²) < 4.78 is 10.5. The van der Waals surface area contributed by atoms with Crippen LogP contribution in [0.25, 0.3) is 23.1 Å². The maximum absolute atomic E-state index is 12.3. The Labute approximate surface area is 155 Å². The van der Waals surface area contributed by atoms with Crippen LogP contribution in [-0.2, 0) is 9.53 Å². The number of rotatable bonds is 4. The number of carbonyl (C=O) groups is 1. The number of hydrogen-bond acceptors (Lipinski definition) is 6. The number of ether oxygens (including phenoxy) is 1. The van der Waals surface area contributed by atoms with Crippen LogP contribution in [0.1, 0.15) is 18.2 Å². The Hall–Kier alpha value is -3.67. The lowest BCUT2D eigenvalue weighted by molar-refractivity contribution is -0.134. The van der Waals surface area contributed by atoms with Crippen LogP contribution in [-0.4, -0.2) is 28.4 Å². The molecule has 1 aliphatic rings. The van der Waals surface area contributed by atoms with Gasteiger partial charge in [0.05, 0.1) is 12.3 Å². The van der Waals surface area contributed by atoms with E-state index in [1.807, 2.05) is 54.6 Å². The third kappa shape index (κ3) is 3.13. The summed E-state index contributed by atoms with van der Waals surface area (Å²) in [7, 11) is 0. The van der Waals surface area contributed by atoms with Gasteiger partial charge in [-0.25, -0.2) is 14.8 Å². The third-order valence-electron chi connectivity index (χ3n) is 4.09. The van der Waals surface area contributed by atoms with Crippen LogP contribution in [0.4, 0.5) is 5.69 Å². The first-order valence-electron chi connectivity index (χ1n) is 8.50. The minimum absolute atomic E-state index is 0.182. The van der Waals surface area contributed by atoms with Crippen LogP contribution in [0.15, 0.2) is 64.0 Å². The molecule has 0 aliphatic carbocycles. The van der Waals surface area contributed by atoms with Gasteiger partial charge in [0, 0.05) is 16.7 Å². The van der Waals surface area contributed by atoms with E-state index in [-0.39, 0.29) is 24.0 Å². The van der Waals surface area contributed by atoms with Crippen LogP contribution >= 0.6 is 0 Å². The number of para-hydroxylation sites is 1. The number of aliphatic imine (C=N–C) groups is 1. The van der Waals surface area contributed by atoms with Crippen molar-refractivity contribution in [3.63, 3.8) is 0 Å². The van der Waals surface area contributed by atoms with Gasteiger partial charge in [-0.15, -0.1) is 0 Å². The minimum Gasteiger partial charge on any atom is -0.479 e. The fourth-order valence-corrected chi connectivity index (χ4v) is 2.87. The molecule has 0 saturated heterocycles. The Balaban J connectivity index is 1.79. The van der Waals surface area contributed by atoms with Gasteiger partial charge in [-0.05, 0) is 31.2 Å². The predicted octanol–water partition coefficient (Wildman–Crippen LogP) is 4.24. The highest BCUT2D eigenvalue weighted by molar-refractivity contribution is 6.58. The van der Waals surface area contributed by atoms with Crippen molar-refractivity contribution in [2.75, 3.05) is 6.61 Å². The molecule has 1 N–H and O–H groups in total. The Morgan fingerprint density at radius 2 is 1.89 bits per heavy atom. The molecule has 3 aromatic rings. The number of aromatic hydroxyl groups is 1. The van der Waals surface area contributed by atoms with E-state index in [9.17, 15) is 9.90 Å². The smallest absolute Gasteiger partial charge is 0.357 e. The average Bonchev–Trinajstić information content (AvgIpc) is 3.24. The summed E-state index contributed by atoms with van der Waals surface area (Å²) in [5.74, 6) is -0.555. The Bertz CT molecular complexity index is 1060. The molecule has 1 aromatic heterocycles. The van der Waals surface area contributed by atoms with Gasteiger partial charge in [-0.3, -0.25) is 0 Å². The van der Waals surface area contributed by atoms with Crippen molar-refractivity contribution in [1.82, 2.24) is 4.98 Å². The van der Waals surface area contributed by atoms with Crippen molar-refractivity contribution >= 4 is 29.0 Å². The van der Waals surface area contributed by atoms with E-state index in [0.29, 0.717) is 17.2 Å².